The van der Waals surface area contributed by atoms with Crippen LogP contribution in [0.25, 0.3) is 0 Å². The fourth-order valence-corrected chi connectivity index (χ4v) is 2.16. The molecule has 0 aliphatic heterocycles. The van der Waals surface area contributed by atoms with E-state index >= 15 is 0 Å². The number of ether oxygens (including phenoxy) is 1. The lowest BCUT2D eigenvalue weighted by Gasteiger charge is -2.16. The van der Waals surface area contributed by atoms with Gasteiger partial charge >= 0.3 is 0 Å². The molecule has 1 aromatic carbocycles. The zero-order valence-corrected chi connectivity index (χ0v) is 12.1. The predicted molar refractivity (Wildman–Crippen MR) is 81.8 cm³/mol. The zero-order valence-electron chi connectivity index (χ0n) is 11.3. The lowest BCUT2D eigenvalue weighted by atomic mass is 10.1. The SMILES string of the molecule is NCC(OCCCc1ccncc1)c1ccc(Cl)cc1. The van der Waals surface area contributed by atoms with Gasteiger partial charge in [-0.25, -0.2) is 0 Å². The summed E-state index contributed by atoms with van der Waals surface area (Å²) in [6.45, 7) is 1.16. The average molecular weight is 291 g/mol. The van der Waals surface area contributed by atoms with E-state index in [2.05, 4.69) is 4.98 Å². The summed E-state index contributed by atoms with van der Waals surface area (Å²) in [5, 5.41) is 0.724. The van der Waals surface area contributed by atoms with Crippen LogP contribution in [0, 0.1) is 0 Å². The number of pyridine rings is 1. The van der Waals surface area contributed by atoms with E-state index in [1.165, 1.54) is 5.56 Å². The topological polar surface area (TPSA) is 48.1 Å². The lowest BCUT2D eigenvalue weighted by molar-refractivity contribution is 0.0571. The summed E-state index contributed by atoms with van der Waals surface area (Å²) in [4.78, 5) is 4.00. The number of aromatic nitrogens is 1. The number of halogens is 1. The average Bonchev–Trinajstić information content (AvgIpc) is 2.50. The number of nitrogens with two attached hydrogens (primary N) is 1. The molecular formula is C16H19ClN2O. The predicted octanol–water partition coefficient (Wildman–Crippen LogP) is 3.38. The van der Waals surface area contributed by atoms with Crippen molar-refractivity contribution in [2.24, 2.45) is 5.73 Å². The Morgan fingerprint density at radius 2 is 1.80 bits per heavy atom. The van der Waals surface area contributed by atoms with Gasteiger partial charge in [-0.05, 0) is 48.2 Å². The van der Waals surface area contributed by atoms with Crippen LogP contribution in [0.3, 0.4) is 0 Å². The summed E-state index contributed by atoms with van der Waals surface area (Å²) in [7, 11) is 0. The Balaban J connectivity index is 1.78. The molecule has 0 spiro atoms. The largest absolute Gasteiger partial charge is 0.372 e. The molecule has 0 fully saturated rings. The molecule has 0 radical (unpaired) electrons. The summed E-state index contributed by atoms with van der Waals surface area (Å²) < 4.78 is 5.86. The van der Waals surface area contributed by atoms with Crippen molar-refractivity contribution in [1.29, 1.82) is 0 Å². The molecule has 0 aliphatic rings. The van der Waals surface area contributed by atoms with Crippen molar-refractivity contribution >= 4 is 11.6 Å². The molecular weight excluding hydrogens is 272 g/mol. The second-order valence-electron chi connectivity index (χ2n) is 4.61. The molecule has 1 aromatic heterocycles. The standard InChI is InChI=1S/C16H19ClN2O/c17-15-5-3-14(4-6-15)16(12-18)20-11-1-2-13-7-9-19-10-8-13/h3-10,16H,1-2,11-12,18H2. The van der Waals surface area contributed by atoms with Gasteiger partial charge in [0.1, 0.15) is 0 Å². The van der Waals surface area contributed by atoms with Crippen LogP contribution in [-0.2, 0) is 11.2 Å². The molecule has 106 valence electrons. The lowest BCUT2D eigenvalue weighted by Crippen LogP contribution is -2.16. The molecule has 2 aromatic rings. The Labute approximate surface area is 124 Å². The minimum absolute atomic E-state index is 0.0651. The van der Waals surface area contributed by atoms with Crippen LogP contribution in [-0.4, -0.2) is 18.1 Å². The number of rotatable bonds is 7. The van der Waals surface area contributed by atoms with Crippen molar-refractivity contribution in [3.63, 3.8) is 0 Å². The van der Waals surface area contributed by atoms with Crippen LogP contribution in [0.4, 0.5) is 0 Å². The Bertz CT molecular complexity index is 502. The second-order valence-corrected chi connectivity index (χ2v) is 5.04. The van der Waals surface area contributed by atoms with Gasteiger partial charge in [0.15, 0.2) is 0 Å². The van der Waals surface area contributed by atoms with Gasteiger partial charge in [0.2, 0.25) is 0 Å². The molecule has 2 N–H and O–H groups in total. The molecule has 2 rings (SSSR count). The molecule has 3 nitrogen and oxygen atoms in total. The monoisotopic (exact) mass is 290 g/mol. The van der Waals surface area contributed by atoms with Crippen molar-refractivity contribution < 1.29 is 4.74 Å². The maximum atomic E-state index is 5.88. The number of nitrogens with zero attached hydrogens (tertiary/aromatic N) is 1. The van der Waals surface area contributed by atoms with Gasteiger partial charge in [-0.2, -0.15) is 0 Å². The first-order valence-electron chi connectivity index (χ1n) is 6.75. The van der Waals surface area contributed by atoms with Crippen molar-refractivity contribution in [1.82, 2.24) is 4.98 Å². The summed E-state index contributed by atoms with van der Waals surface area (Å²) in [5.74, 6) is 0. The van der Waals surface area contributed by atoms with E-state index in [1.807, 2.05) is 48.8 Å². The maximum absolute atomic E-state index is 5.88. The number of hydrogen-bond acceptors (Lipinski definition) is 3. The van der Waals surface area contributed by atoms with Crippen molar-refractivity contribution in [3.05, 3.63) is 64.9 Å². The summed E-state index contributed by atoms with van der Waals surface area (Å²) in [6.07, 6.45) is 5.51. The van der Waals surface area contributed by atoms with E-state index in [-0.39, 0.29) is 6.10 Å². The molecule has 1 atom stereocenters. The van der Waals surface area contributed by atoms with Crippen molar-refractivity contribution in [2.75, 3.05) is 13.2 Å². The third-order valence-corrected chi connectivity index (χ3v) is 3.39. The highest BCUT2D eigenvalue weighted by molar-refractivity contribution is 6.30. The molecule has 0 saturated heterocycles. The van der Waals surface area contributed by atoms with Crippen LogP contribution in [0.15, 0.2) is 48.8 Å². The molecule has 0 amide bonds. The van der Waals surface area contributed by atoms with Gasteiger partial charge in [-0.3, -0.25) is 4.98 Å². The number of benzene rings is 1. The van der Waals surface area contributed by atoms with Crippen molar-refractivity contribution in [3.8, 4) is 0 Å². The van der Waals surface area contributed by atoms with Gasteiger partial charge in [-0.15, -0.1) is 0 Å². The first kappa shape index (κ1) is 15.0. The van der Waals surface area contributed by atoms with Crippen LogP contribution in [0.1, 0.15) is 23.7 Å². The van der Waals surface area contributed by atoms with Gasteiger partial charge in [0.25, 0.3) is 0 Å². The van der Waals surface area contributed by atoms with Gasteiger partial charge in [-0.1, -0.05) is 23.7 Å². The number of hydrogen-bond donors (Lipinski definition) is 1. The normalized spacial score (nSPS) is 12.3. The van der Waals surface area contributed by atoms with E-state index in [4.69, 9.17) is 22.1 Å². The second kappa shape index (κ2) is 8.00. The molecule has 0 bridgehead atoms. The van der Waals surface area contributed by atoms with E-state index in [0.717, 1.165) is 23.4 Å². The smallest absolute Gasteiger partial charge is 0.0947 e. The Morgan fingerprint density at radius 1 is 1.10 bits per heavy atom. The Kier molecular flexibility index (Phi) is 5.99. The summed E-state index contributed by atoms with van der Waals surface area (Å²) >= 11 is 5.88. The number of aryl methyl sites for hydroxylation is 1. The third-order valence-electron chi connectivity index (χ3n) is 3.13. The van der Waals surface area contributed by atoms with E-state index in [1.54, 1.807) is 0 Å². The molecule has 1 heterocycles. The minimum atomic E-state index is -0.0651. The maximum Gasteiger partial charge on any atom is 0.0947 e. The minimum Gasteiger partial charge on any atom is -0.372 e. The molecule has 4 heteroatoms. The first-order valence-corrected chi connectivity index (χ1v) is 7.13. The summed E-state index contributed by atoms with van der Waals surface area (Å²) in [5.41, 5.74) is 8.12. The van der Waals surface area contributed by atoms with Crippen LogP contribution >= 0.6 is 11.6 Å². The fourth-order valence-electron chi connectivity index (χ4n) is 2.03. The molecule has 0 saturated carbocycles. The van der Waals surface area contributed by atoms with Crippen LogP contribution < -0.4 is 5.73 Å². The van der Waals surface area contributed by atoms with Crippen LogP contribution in [0.2, 0.25) is 5.02 Å². The molecule has 0 aliphatic carbocycles. The highest BCUT2D eigenvalue weighted by atomic mass is 35.5. The quantitative estimate of drug-likeness (QED) is 0.795. The highest BCUT2D eigenvalue weighted by Crippen LogP contribution is 2.19. The van der Waals surface area contributed by atoms with Crippen molar-refractivity contribution in [2.45, 2.75) is 18.9 Å². The fraction of sp³-hybridized carbons (Fsp3) is 0.312. The summed E-state index contributed by atoms with van der Waals surface area (Å²) in [6, 6.07) is 11.7. The molecule has 1 unspecified atom stereocenters. The first-order chi connectivity index (χ1) is 9.79. The van der Waals surface area contributed by atoms with E-state index < -0.39 is 0 Å². The van der Waals surface area contributed by atoms with Gasteiger partial charge in [0.05, 0.1) is 6.10 Å². The van der Waals surface area contributed by atoms with E-state index in [0.29, 0.717) is 13.2 Å². The highest BCUT2D eigenvalue weighted by Gasteiger charge is 2.09. The molecule has 20 heavy (non-hydrogen) atoms. The zero-order chi connectivity index (χ0) is 14.2. The van der Waals surface area contributed by atoms with Gasteiger partial charge in [0, 0.05) is 30.6 Å². The Morgan fingerprint density at radius 3 is 2.45 bits per heavy atom. The Hall–Kier alpha value is -1.42. The van der Waals surface area contributed by atoms with Gasteiger partial charge < -0.3 is 10.5 Å². The van der Waals surface area contributed by atoms with E-state index in [9.17, 15) is 0 Å². The van der Waals surface area contributed by atoms with Crippen LogP contribution in [0.5, 0.6) is 0 Å². The third kappa shape index (κ3) is 4.60.